The molecule has 7 heteroatoms. The minimum absolute atomic E-state index is 0.0971. The second-order valence-corrected chi connectivity index (χ2v) is 7.86. The highest BCUT2D eigenvalue weighted by Gasteiger charge is 2.21. The van der Waals surface area contributed by atoms with Crippen molar-refractivity contribution >= 4 is 43.2 Å². The fourth-order valence-corrected chi connectivity index (χ4v) is 3.12. The van der Waals surface area contributed by atoms with E-state index >= 15 is 0 Å². The van der Waals surface area contributed by atoms with Crippen molar-refractivity contribution < 1.29 is 13.2 Å². The Bertz CT molecular complexity index is 616. The van der Waals surface area contributed by atoms with Crippen molar-refractivity contribution in [3.05, 3.63) is 23.8 Å². The van der Waals surface area contributed by atoms with E-state index in [-0.39, 0.29) is 10.6 Å². The van der Waals surface area contributed by atoms with Crippen LogP contribution in [0.1, 0.15) is 24.8 Å². The van der Waals surface area contributed by atoms with Crippen LogP contribution in [0.5, 0.6) is 0 Å². The number of carbonyl (C=O) groups is 1. The molecule has 0 aromatic heterocycles. The molecule has 0 atom stereocenters. The Labute approximate surface area is 127 Å². The number of nitrogens with zero attached hydrogens (tertiary/aromatic N) is 1. The van der Waals surface area contributed by atoms with E-state index in [1.165, 1.54) is 0 Å². The highest BCUT2D eigenvalue weighted by atomic mass is 79.9. The van der Waals surface area contributed by atoms with Crippen molar-refractivity contribution in [2.24, 2.45) is 0 Å². The van der Waals surface area contributed by atoms with Crippen molar-refractivity contribution in [3.63, 3.8) is 0 Å². The van der Waals surface area contributed by atoms with Crippen molar-refractivity contribution in [1.29, 1.82) is 0 Å². The Balaban J connectivity index is 2.31. The van der Waals surface area contributed by atoms with E-state index in [1.807, 2.05) is 13.0 Å². The van der Waals surface area contributed by atoms with Crippen molar-refractivity contribution in [2.45, 2.75) is 26.2 Å². The van der Waals surface area contributed by atoms with E-state index < -0.39 is 10.0 Å². The molecule has 0 aliphatic carbocycles. The van der Waals surface area contributed by atoms with E-state index in [2.05, 4.69) is 20.7 Å². The third-order valence-electron chi connectivity index (χ3n) is 3.24. The molecule has 1 fully saturated rings. The summed E-state index contributed by atoms with van der Waals surface area (Å²) in [5.74, 6) is 0.0971. The quantitative estimate of drug-likeness (QED) is 0.839. The molecular weight excluding hydrogens is 344 g/mol. The molecule has 1 aromatic carbocycles. The van der Waals surface area contributed by atoms with Gasteiger partial charge in [0.1, 0.15) is 4.66 Å². The smallest absolute Gasteiger partial charge is 0.242 e. The van der Waals surface area contributed by atoms with Crippen molar-refractivity contribution in [1.82, 2.24) is 0 Å². The number of piperidine rings is 1. The van der Waals surface area contributed by atoms with Crippen LogP contribution < -0.4 is 9.62 Å². The van der Waals surface area contributed by atoms with Gasteiger partial charge in [-0.25, -0.2) is 8.42 Å². The maximum atomic E-state index is 12.0. The maximum absolute atomic E-state index is 12.0. The first kappa shape index (κ1) is 15.3. The van der Waals surface area contributed by atoms with Gasteiger partial charge in [-0.1, -0.05) is 22.0 Å². The lowest BCUT2D eigenvalue weighted by Crippen LogP contribution is -2.35. The third-order valence-corrected chi connectivity index (χ3v) is 5.88. The van der Waals surface area contributed by atoms with Gasteiger partial charge in [-0.2, -0.15) is 0 Å². The number of nitrogens with one attached hydrogen (secondary N) is 1. The molecule has 0 unspecified atom stereocenters. The van der Waals surface area contributed by atoms with Crippen LogP contribution in [0.3, 0.4) is 0 Å². The number of alkyl halides is 1. The summed E-state index contributed by atoms with van der Waals surface area (Å²) in [5, 5.41) is 0. The average molecular weight is 361 g/mol. The Morgan fingerprint density at radius 3 is 2.75 bits per heavy atom. The number of rotatable bonds is 4. The summed E-state index contributed by atoms with van der Waals surface area (Å²) in [7, 11) is -3.38. The van der Waals surface area contributed by atoms with Gasteiger partial charge in [0.05, 0.1) is 5.69 Å². The topological polar surface area (TPSA) is 66.5 Å². The van der Waals surface area contributed by atoms with E-state index in [9.17, 15) is 13.2 Å². The molecule has 1 N–H and O–H groups in total. The number of hydrogen-bond donors (Lipinski definition) is 1. The number of anilines is 2. The molecular formula is C13H17BrN2O3S. The van der Waals surface area contributed by atoms with Crippen LogP contribution in [-0.2, 0) is 14.8 Å². The zero-order chi connectivity index (χ0) is 14.8. The van der Waals surface area contributed by atoms with Gasteiger partial charge in [0.25, 0.3) is 0 Å². The number of aryl methyl sites for hydroxylation is 1. The molecule has 1 heterocycles. The van der Waals surface area contributed by atoms with Gasteiger partial charge in [0, 0.05) is 18.7 Å². The molecule has 0 saturated carbocycles. The fraction of sp³-hybridized carbons (Fsp3) is 0.462. The van der Waals surface area contributed by atoms with Crippen LogP contribution in [-0.4, -0.2) is 25.5 Å². The zero-order valence-corrected chi connectivity index (χ0v) is 13.6. The summed E-state index contributed by atoms with van der Waals surface area (Å²) < 4.78 is 25.5. The molecule has 20 heavy (non-hydrogen) atoms. The highest BCUT2D eigenvalue weighted by Crippen LogP contribution is 2.28. The molecule has 1 aliphatic heterocycles. The monoisotopic (exact) mass is 360 g/mol. The van der Waals surface area contributed by atoms with Crippen LogP contribution in [0, 0.1) is 6.92 Å². The van der Waals surface area contributed by atoms with Crippen LogP contribution in [0.4, 0.5) is 11.4 Å². The lowest BCUT2D eigenvalue weighted by molar-refractivity contribution is -0.119. The summed E-state index contributed by atoms with van der Waals surface area (Å²) >= 11 is 2.93. The summed E-state index contributed by atoms with van der Waals surface area (Å²) in [6.45, 7) is 2.61. The van der Waals surface area contributed by atoms with Crippen molar-refractivity contribution in [2.75, 3.05) is 20.8 Å². The normalized spacial score (nSPS) is 16.3. The van der Waals surface area contributed by atoms with E-state index in [0.29, 0.717) is 18.7 Å². The number of hydrogen-bond acceptors (Lipinski definition) is 3. The molecule has 110 valence electrons. The standard InChI is InChI=1S/C13H17BrN2O3S/c1-10-5-6-11(15-20(18,19)9-14)8-12(10)16-7-3-2-4-13(16)17/h5-6,8,15H,2-4,7,9H2,1H3. The van der Waals surface area contributed by atoms with E-state index in [4.69, 9.17) is 0 Å². The van der Waals surface area contributed by atoms with E-state index in [1.54, 1.807) is 17.0 Å². The van der Waals surface area contributed by atoms with Crippen LogP contribution in [0.15, 0.2) is 18.2 Å². The Morgan fingerprint density at radius 2 is 2.10 bits per heavy atom. The predicted octanol–water partition coefficient (Wildman–Crippen LogP) is 2.61. The average Bonchev–Trinajstić information content (AvgIpc) is 2.42. The van der Waals surface area contributed by atoms with Gasteiger partial charge >= 0.3 is 0 Å². The molecule has 5 nitrogen and oxygen atoms in total. The van der Waals surface area contributed by atoms with Gasteiger partial charge in [-0.3, -0.25) is 9.52 Å². The number of amides is 1. The lowest BCUT2D eigenvalue weighted by atomic mass is 10.1. The van der Waals surface area contributed by atoms with Gasteiger partial charge in [-0.05, 0) is 37.5 Å². The van der Waals surface area contributed by atoms with E-state index in [0.717, 1.165) is 24.1 Å². The molecule has 1 amide bonds. The molecule has 0 spiro atoms. The zero-order valence-electron chi connectivity index (χ0n) is 11.2. The fourth-order valence-electron chi connectivity index (χ4n) is 2.23. The van der Waals surface area contributed by atoms with Gasteiger partial charge in [-0.15, -0.1) is 0 Å². The number of sulfonamides is 1. The molecule has 1 saturated heterocycles. The van der Waals surface area contributed by atoms with Gasteiger partial charge in [0.15, 0.2) is 0 Å². The Morgan fingerprint density at radius 1 is 1.35 bits per heavy atom. The molecule has 2 rings (SSSR count). The Hall–Kier alpha value is -1.08. The first-order valence-electron chi connectivity index (χ1n) is 6.40. The van der Waals surface area contributed by atoms with Crippen LogP contribution in [0.2, 0.25) is 0 Å². The SMILES string of the molecule is Cc1ccc(NS(=O)(=O)CBr)cc1N1CCCCC1=O. The van der Waals surface area contributed by atoms with Crippen molar-refractivity contribution in [3.8, 4) is 0 Å². The van der Waals surface area contributed by atoms with Crippen LogP contribution in [0.25, 0.3) is 0 Å². The van der Waals surface area contributed by atoms with Crippen LogP contribution >= 0.6 is 15.9 Å². The second-order valence-electron chi connectivity index (χ2n) is 4.83. The van der Waals surface area contributed by atoms with Gasteiger partial charge in [0.2, 0.25) is 15.9 Å². The number of carbonyl (C=O) groups excluding carboxylic acids is 1. The predicted molar refractivity (Wildman–Crippen MR) is 83.7 cm³/mol. The minimum atomic E-state index is -3.38. The lowest BCUT2D eigenvalue weighted by Gasteiger charge is -2.28. The second kappa shape index (κ2) is 6.13. The summed E-state index contributed by atoms with van der Waals surface area (Å²) in [6.07, 6.45) is 2.45. The Kier molecular flexibility index (Phi) is 4.70. The molecule has 1 aliphatic rings. The third kappa shape index (κ3) is 3.52. The summed E-state index contributed by atoms with van der Waals surface area (Å²) in [5.41, 5.74) is 2.22. The maximum Gasteiger partial charge on any atom is 0.242 e. The summed E-state index contributed by atoms with van der Waals surface area (Å²) in [4.78, 5) is 13.7. The molecule has 1 aromatic rings. The first-order valence-corrected chi connectivity index (χ1v) is 9.18. The largest absolute Gasteiger partial charge is 0.312 e. The number of halogens is 1. The minimum Gasteiger partial charge on any atom is -0.312 e. The molecule has 0 bridgehead atoms. The first-order chi connectivity index (χ1) is 9.43. The molecule has 0 radical (unpaired) electrons. The number of benzene rings is 1. The summed E-state index contributed by atoms with van der Waals surface area (Å²) in [6, 6.07) is 5.25. The highest BCUT2D eigenvalue weighted by molar-refractivity contribution is 9.10. The van der Waals surface area contributed by atoms with Gasteiger partial charge < -0.3 is 4.90 Å².